The largest absolute Gasteiger partial charge is 0.337 e. The molecule has 1 atom stereocenters. The smallest absolute Gasteiger partial charge is 0.245 e. The SMILES string of the molecule is CCCCS(=O)(=O)N1CCCC1c1nc(-c2ccc(Br)cc2)no1. The summed E-state index contributed by atoms with van der Waals surface area (Å²) in [5, 5.41) is 4.02. The van der Waals surface area contributed by atoms with Gasteiger partial charge in [0.25, 0.3) is 0 Å². The van der Waals surface area contributed by atoms with E-state index in [-0.39, 0.29) is 11.8 Å². The average Bonchev–Trinajstić information content (AvgIpc) is 3.22. The van der Waals surface area contributed by atoms with E-state index in [9.17, 15) is 8.42 Å². The van der Waals surface area contributed by atoms with E-state index < -0.39 is 10.0 Å². The molecule has 1 aliphatic rings. The van der Waals surface area contributed by atoms with Crippen LogP contribution in [0.25, 0.3) is 11.4 Å². The first-order valence-electron chi connectivity index (χ1n) is 8.10. The second-order valence-corrected chi connectivity index (χ2v) is 8.86. The van der Waals surface area contributed by atoms with E-state index in [0.29, 0.717) is 31.1 Å². The average molecular weight is 414 g/mol. The third-order valence-electron chi connectivity index (χ3n) is 4.15. The van der Waals surface area contributed by atoms with Crippen molar-refractivity contribution < 1.29 is 12.9 Å². The Bertz CT molecular complexity index is 789. The quantitative estimate of drug-likeness (QED) is 0.719. The van der Waals surface area contributed by atoms with Gasteiger partial charge in [-0.2, -0.15) is 9.29 Å². The summed E-state index contributed by atoms with van der Waals surface area (Å²) < 4.78 is 32.9. The van der Waals surface area contributed by atoms with Crippen molar-refractivity contribution in [3.05, 3.63) is 34.6 Å². The van der Waals surface area contributed by atoms with Crippen LogP contribution in [0, 0.1) is 0 Å². The minimum Gasteiger partial charge on any atom is -0.337 e. The first-order valence-corrected chi connectivity index (χ1v) is 10.5. The predicted molar refractivity (Wildman–Crippen MR) is 94.8 cm³/mol. The third kappa shape index (κ3) is 3.70. The molecule has 0 N–H and O–H groups in total. The maximum absolute atomic E-state index is 12.5. The highest BCUT2D eigenvalue weighted by atomic mass is 79.9. The topological polar surface area (TPSA) is 76.3 Å². The summed E-state index contributed by atoms with van der Waals surface area (Å²) in [6.07, 6.45) is 3.05. The van der Waals surface area contributed by atoms with Gasteiger partial charge in [0.15, 0.2) is 0 Å². The molecule has 1 aliphatic heterocycles. The molecule has 1 fully saturated rings. The number of nitrogens with zero attached hydrogens (tertiary/aromatic N) is 3. The van der Waals surface area contributed by atoms with E-state index >= 15 is 0 Å². The number of benzene rings is 1. The van der Waals surface area contributed by atoms with Gasteiger partial charge >= 0.3 is 0 Å². The van der Waals surface area contributed by atoms with E-state index in [2.05, 4.69) is 26.1 Å². The molecule has 24 heavy (non-hydrogen) atoms. The zero-order chi connectivity index (χ0) is 17.2. The summed E-state index contributed by atoms with van der Waals surface area (Å²) in [6, 6.07) is 7.25. The van der Waals surface area contributed by atoms with Crippen molar-refractivity contribution in [1.82, 2.24) is 14.4 Å². The number of aromatic nitrogens is 2. The van der Waals surface area contributed by atoms with E-state index in [4.69, 9.17) is 4.52 Å². The van der Waals surface area contributed by atoms with Crippen LogP contribution in [0.1, 0.15) is 44.5 Å². The van der Waals surface area contributed by atoms with Crippen LogP contribution in [0.5, 0.6) is 0 Å². The van der Waals surface area contributed by atoms with Crippen LogP contribution in [-0.4, -0.2) is 35.2 Å². The molecule has 130 valence electrons. The number of sulfonamides is 1. The van der Waals surface area contributed by atoms with Crippen molar-refractivity contribution >= 4 is 26.0 Å². The van der Waals surface area contributed by atoms with Crippen LogP contribution in [0.3, 0.4) is 0 Å². The van der Waals surface area contributed by atoms with Gasteiger partial charge in [0, 0.05) is 16.6 Å². The van der Waals surface area contributed by atoms with Gasteiger partial charge in [0.2, 0.25) is 21.7 Å². The molecule has 1 aromatic carbocycles. The van der Waals surface area contributed by atoms with Crippen LogP contribution >= 0.6 is 15.9 Å². The Hall–Kier alpha value is -1.25. The van der Waals surface area contributed by atoms with Crippen LogP contribution in [0.4, 0.5) is 0 Å². The van der Waals surface area contributed by atoms with Crippen molar-refractivity contribution in [2.75, 3.05) is 12.3 Å². The van der Waals surface area contributed by atoms with E-state index in [1.807, 2.05) is 31.2 Å². The Labute approximate surface area is 150 Å². The molecule has 2 heterocycles. The summed E-state index contributed by atoms with van der Waals surface area (Å²) in [5.41, 5.74) is 0.839. The van der Waals surface area contributed by atoms with E-state index in [1.54, 1.807) is 0 Å². The Morgan fingerprint density at radius 2 is 2.08 bits per heavy atom. The molecular formula is C16H20BrN3O3S. The van der Waals surface area contributed by atoms with Crippen LogP contribution in [0.15, 0.2) is 33.3 Å². The fourth-order valence-electron chi connectivity index (χ4n) is 2.85. The number of unbranched alkanes of at least 4 members (excludes halogenated alkanes) is 1. The molecule has 1 aromatic heterocycles. The van der Waals surface area contributed by atoms with Crippen LogP contribution < -0.4 is 0 Å². The Balaban J connectivity index is 1.82. The summed E-state index contributed by atoms with van der Waals surface area (Å²) in [6.45, 7) is 2.51. The second kappa shape index (κ2) is 7.33. The fraction of sp³-hybridized carbons (Fsp3) is 0.500. The number of rotatable bonds is 6. The van der Waals surface area contributed by atoms with E-state index in [0.717, 1.165) is 22.9 Å². The number of hydrogen-bond donors (Lipinski definition) is 0. The van der Waals surface area contributed by atoms with Gasteiger partial charge in [-0.05, 0) is 43.5 Å². The van der Waals surface area contributed by atoms with Crippen molar-refractivity contribution in [1.29, 1.82) is 0 Å². The molecule has 0 radical (unpaired) electrons. The molecular weight excluding hydrogens is 394 g/mol. The highest BCUT2D eigenvalue weighted by Crippen LogP contribution is 2.34. The van der Waals surface area contributed by atoms with Gasteiger partial charge < -0.3 is 4.52 Å². The van der Waals surface area contributed by atoms with Gasteiger partial charge in [-0.15, -0.1) is 0 Å². The molecule has 3 rings (SSSR count). The molecule has 0 amide bonds. The lowest BCUT2D eigenvalue weighted by molar-refractivity contribution is 0.290. The van der Waals surface area contributed by atoms with Gasteiger partial charge in [0.1, 0.15) is 6.04 Å². The van der Waals surface area contributed by atoms with Crippen molar-refractivity contribution in [2.45, 2.75) is 38.6 Å². The third-order valence-corrected chi connectivity index (χ3v) is 6.63. The molecule has 8 heteroatoms. The zero-order valence-electron chi connectivity index (χ0n) is 13.5. The van der Waals surface area contributed by atoms with Gasteiger partial charge in [0.05, 0.1) is 5.75 Å². The summed E-state index contributed by atoms with van der Waals surface area (Å²) >= 11 is 3.39. The molecule has 6 nitrogen and oxygen atoms in total. The number of halogens is 1. The summed E-state index contributed by atoms with van der Waals surface area (Å²) in [7, 11) is -3.28. The first kappa shape index (κ1) is 17.6. The van der Waals surface area contributed by atoms with Crippen LogP contribution in [-0.2, 0) is 10.0 Å². The molecule has 0 aliphatic carbocycles. The number of hydrogen-bond acceptors (Lipinski definition) is 5. The van der Waals surface area contributed by atoms with Crippen molar-refractivity contribution in [2.24, 2.45) is 0 Å². The monoisotopic (exact) mass is 413 g/mol. The predicted octanol–water partition coefficient (Wildman–Crippen LogP) is 3.77. The molecule has 2 aromatic rings. The Kier molecular flexibility index (Phi) is 5.36. The Morgan fingerprint density at radius 3 is 2.79 bits per heavy atom. The lowest BCUT2D eigenvalue weighted by atomic mass is 10.2. The lowest BCUT2D eigenvalue weighted by Crippen LogP contribution is -2.32. The minimum atomic E-state index is -3.28. The fourth-order valence-corrected chi connectivity index (χ4v) is 4.99. The molecule has 0 bridgehead atoms. The minimum absolute atomic E-state index is 0.174. The standard InChI is InChI=1S/C16H20BrN3O3S/c1-2-3-11-24(21,22)20-10-4-5-14(20)16-18-15(19-23-16)12-6-8-13(17)9-7-12/h6-9,14H,2-5,10-11H2,1H3. The molecule has 1 unspecified atom stereocenters. The normalized spacial score (nSPS) is 19.0. The molecule has 0 saturated carbocycles. The maximum Gasteiger partial charge on any atom is 0.245 e. The molecule has 1 saturated heterocycles. The summed E-state index contributed by atoms with van der Waals surface area (Å²) in [4.78, 5) is 4.44. The summed E-state index contributed by atoms with van der Waals surface area (Å²) in [5.74, 6) is 1.04. The molecule has 0 spiro atoms. The van der Waals surface area contributed by atoms with Gasteiger partial charge in [-0.25, -0.2) is 8.42 Å². The lowest BCUT2D eigenvalue weighted by Gasteiger charge is -2.21. The maximum atomic E-state index is 12.5. The highest BCUT2D eigenvalue weighted by molar-refractivity contribution is 9.10. The van der Waals surface area contributed by atoms with Gasteiger partial charge in [-0.3, -0.25) is 0 Å². The highest BCUT2D eigenvalue weighted by Gasteiger charge is 2.38. The Morgan fingerprint density at radius 1 is 1.33 bits per heavy atom. The first-order chi connectivity index (χ1) is 11.5. The van der Waals surface area contributed by atoms with Crippen LogP contribution in [0.2, 0.25) is 0 Å². The zero-order valence-corrected chi connectivity index (χ0v) is 15.9. The van der Waals surface area contributed by atoms with Gasteiger partial charge in [-0.1, -0.05) is 34.4 Å². The second-order valence-electron chi connectivity index (χ2n) is 5.90. The van der Waals surface area contributed by atoms with E-state index in [1.165, 1.54) is 4.31 Å². The van der Waals surface area contributed by atoms with Crippen molar-refractivity contribution in [3.8, 4) is 11.4 Å². The van der Waals surface area contributed by atoms with Crippen molar-refractivity contribution in [3.63, 3.8) is 0 Å².